The van der Waals surface area contributed by atoms with Crippen molar-refractivity contribution in [3.05, 3.63) is 0 Å². The van der Waals surface area contributed by atoms with Gasteiger partial charge in [0.05, 0.1) is 6.61 Å². The van der Waals surface area contributed by atoms with Crippen LogP contribution < -0.4 is 5.32 Å². The van der Waals surface area contributed by atoms with Crippen molar-refractivity contribution in [2.45, 2.75) is 41.0 Å². The van der Waals surface area contributed by atoms with Crippen molar-refractivity contribution in [3.63, 3.8) is 0 Å². The first-order valence-electron chi connectivity index (χ1n) is 6.33. The molecule has 0 bridgehead atoms. The zero-order chi connectivity index (χ0) is 12.6. The van der Waals surface area contributed by atoms with E-state index in [0.717, 1.165) is 6.54 Å². The van der Waals surface area contributed by atoms with Gasteiger partial charge in [-0.05, 0) is 24.7 Å². The molecule has 0 aliphatic rings. The Morgan fingerprint density at radius 2 is 1.75 bits per heavy atom. The molecular weight excluding hydrogens is 202 g/mol. The van der Waals surface area contributed by atoms with Crippen molar-refractivity contribution < 1.29 is 9.53 Å². The number of hydrogen-bond acceptors (Lipinski definition) is 2. The Balaban J connectivity index is 3.79. The van der Waals surface area contributed by atoms with Gasteiger partial charge in [-0.2, -0.15) is 0 Å². The Hall–Kier alpha value is -0.570. The summed E-state index contributed by atoms with van der Waals surface area (Å²) in [5.74, 6) is 1.86. The molecule has 3 nitrogen and oxygen atoms in total. The lowest BCUT2D eigenvalue weighted by atomic mass is 9.85. The predicted molar refractivity (Wildman–Crippen MR) is 67.3 cm³/mol. The van der Waals surface area contributed by atoms with E-state index >= 15 is 0 Å². The fraction of sp³-hybridized carbons (Fsp3) is 0.923. The fourth-order valence-corrected chi connectivity index (χ4v) is 1.87. The molecule has 1 amide bonds. The highest BCUT2D eigenvalue weighted by molar-refractivity contribution is 5.75. The van der Waals surface area contributed by atoms with Crippen molar-refractivity contribution in [3.8, 4) is 0 Å². The molecule has 1 N–H and O–H groups in total. The minimum Gasteiger partial charge on any atom is -0.381 e. The third kappa shape index (κ3) is 6.83. The second-order valence-electron chi connectivity index (χ2n) is 4.90. The molecule has 0 saturated heterocycles. The second kappa shape index (κ2) is 8.57. The van der Waals surface area contributed by atoms with Gasteiger partial charge in [-0.3, -0.25) is 4.79 Å². The number of carbonyl (C=O) groups excluding carboxylic acids is 1. The van der Waals surface area contributed by atoms with Crippen molar-refractivity contribution in [1.29, 1.82) is 0 Å². The van der Waals surface area contributed by atoms with E-state index in [1.165, 1.54) is 0 Å². The highest BCUT2D eigenvalue weighted by Gasteiger charge is 2.17. The van der Waals surface area contributed by atoms with E-state index in [9.17, 15) is 4.79 Å². The summed E-state index contributed by atoms with van der Waals surface area (Å²) in [4.78, 5) is 11.5. The van der Waals surface area contributed by atoms with E-state index < -0.39 is 0 Å². The van der Waals surface area contributed by atoms with Crippen LogP contribution in [0, 0.1) is 17.8 Å². The monoisotopic (exact) mass is 229 g/mol. The van der Waals surface area contributed by atoms with Gasteiger partial charge in [-0.15, -0.1) is 0 Å². The van der Waals surface area contributed by atoms with Crippen LogP contribution in [0.4, 0.5) is 0 Å². The highest BCUT2D eigenvalue weighted by atomic mass is 16.5. The molecule has 0 spiro atoms. The number of nitrogens with one attached hydrogen (secondary N) is 1. The molecule has 0 aliphatic heterocycles. The van der Waals surface area contributed by atoms with E-state index in [1.807, 2.05) is 6.92 Å². The number of hydrogen-bond donors (Lipinski definition) is 1. The van der Waals surface area contributed by atoms with Gasteiger partial charge in [0.1, 0.15) is 0 Å². The first-order valence-corrected chi connectivity index (χ1v) is 6.33. The summed E-state index contributed by atoms with van der Waals surface area (Å²) in [6.45, 7) is 12.7. The van der Waals surface area contributed by atoms with Crippen LogP contribution in [0.25, 0.3) is 0 Å². The molecule has 0 aromatic carbocycles. The summed E-state index contributed by atoms with van der Waals surface area (Å²) in [5, 5.41) is 2.99. The van der Waals surface area contributed by atoms with E-state index in [1.54, 1.807) is 0 Å². The van der Waals surface area contributed by atoms with Crippen LogP contribution in [0.15, 0.2) is 0 Å². The normalized spacial score (nSPS) is 11.5. The quantitative estimate of drug-likeness (QED) is 0.649. The number of ether oxygens (including phenoxy) is 1. The van der Waals surface area contributed by atoms with E-state index in [-0.39, 0.29) is 5.91 Å². The van der Waals surface area contributed by atoms with Gasteiger partial charge in [0, 0.05) is 19.6 Å². The molecule has 0 aliphatic carbocycles. The number of rotatable bonds is 8. The largest absolute Gasteiger partial charge is 0.381 e. The molecule has 0 unspecified atom stereocenters. The van der Waals surface area contributed by atoms with Gasteiger partial charge in [-0.1, -0.05) is 27.7 Å². The Kier molecular flexibility index (Phi) is 8.26. The Labute approximate surface area is 99.9 Å². The molecule has 96 valence electrons. The molecule has 0 atom stereocenters. The van der Waals surface area contributed by atoms with Crippen LogP contribution >= 0.6 is 0 Å². The number of amides is 1. The van der Waals surface area contributed by atoms with Crippen LogP contribution in [0.2, 0.25) is 0 Å². The zero-order valence-corrected chi connectivity index (χ0v) is 11.4. The molecule has 0 rings (SSSR count). The standard InChI is InChI=1S/C13H27NO2/c1-6-16-8-7-13(15)14-9-12(10(2)3)11(4)5/h10-12H,6-9H2,1-5H3,(H,14,15). The Morgan fingerprint density at radius 1 is 1.19 bits per heavy atom. The minimum atomic E-state index is 0.0970. The third-order valence-electron chi connectivity index (χ3n) is 2.93. The molecule has 0 aromatic rings. The van der Waals surface area contributed by atoms with E-state index in [2.05, 4.69) is 33.0 Å². The van der Waals surface area contributed by atoms with Gasteiger partial charge in [-0.25, -0.2) is 0 Å². The summed E-state index contributed by atoms with van der Waals surface area (Å²) in [6, 6.07) is 0. The van der Waals surface area contributed by atoms with Gasteiger partial charge < -0.3 is 10.1 Å². The Morgan fingerprint density at radius 3 is 2.19 bits per heavy atom. The van der Waals surface area contributed by atoms with E-state index in [0.29, 0.717) is 37.4 Å². The third-order valence-corrected chi connectivity index (χ3v) is 2.93. The van der Waals surface area contributed by atoms with Crippen molar-refractivity contribution in [2.24, 2.45) is 17.8 Å². The van der Waals surface area contributed by atoms with Gasteiger partial charge in [0.15, 0.2) is 0 Å². The van der Waals surface area contributed by atoms with Crippen molar-refractivity contribution in [2.75, 3.05) is 19.8 Å². The SMILES string of the molecule is CCOCCC(=O)NCC(C(C)C)C(C)C. The molecule has 0 aromatic heterocycles. The number of carbonyl (C=O) groups is 1. The average Bonchev–Trinajstić information content (AvgIpc) is 2.17. The second-order valence-corrected chi connectivity index (χ2v) is 4.90. The van der Waals surface area contributed by atoms with E-state index in [4.69, 9.17) is 4.74 Å². The maximum absolute atomic E-state index is 11.5. The lowest BCUT2D eigenvalue weighted by Gasteiger charge is -2.25. The van der Waals surface area contributed by atoms with Crippen LogP contribution in [-0.2, 0) is 9.53 Å². The lowest BCUT2D eigenvalue weighted by molar-refractivity contribution is -0.122. The lowest BCUT2D eigenvalue weighted by Crippen LogP contribution is -2.34. The average molecular weight is 229 g/mol. The van der Waals surface area contributed by atoms with Crippen LogP contribution in [-0.4, -0.2) is 25.7 Å². The first kappa shape index (κ1) is 15.4. The highest BCUT2D eigenvalue weighted by Crippen LogP contribution is 2.19. The van der Waals surface area contributed by atoms with Crippen molar-refractivity contribution in [1.82, 2.24) is 5.32 Å². The maximum Gasteiger partial charge on any atom is 0.222 e. The molecule has 3 heteroatoms. The predicted octanol–water partition coefficient (Wildman–Crippen LogP) is 2.46. The molecule has 16 heavy (non-hydrogen) atoms. The van der Waals surface area contributed by atoms with Gasteiger partial charge in [0.2, 0.25) is 5.91 Å². The fourth-order valence-electron chi connectivity index (χ4n) is 1.87. The minimum absolute atomic E-state index is 0.0970. The van der Waals surface area contributed by atoms with Gasteiger partial charge in [0.25, 0.3) is 0 Å². The molecule has 0 radical (unpaired) electrons. The summed E-state index contributed by atoms with van der Waals surface area (Å²) in [6.07, 6.45) is 0.469. The maximum atomic E-state index is 11.5. The summed E-state index contributed by atoms with van der Waals surface area (Å²) in [7, 11) is 0. The topological polar surface area (TPSA) is 38.3 Å². The van der Waals surface area contributed by atoms with Crippen molar-refractivity contribution >= 4 is 5.91 Å². The van der Waals surface area contributed by atoms with Crippen LogP contribution in [0.5, 0.6) is 0 Å². The molecule has 0 saturated carbocycles. The molecule has 0 heterocycles. The van der Waals surface area contributed by atoms with Crippen LogP contribution in [0.1, 0.15) is 41.0 Å². The summed E-state index contributed by atoms with van der Waals surface area (Å²) in [5.41, 5.74) is 0. The molecule has 0 fully saturated rings. The first-order chi connectivity index (χ1) is 7.49. The summed E-state index contributed by atoms with van der Waals surface area (Å²) < 4.78 is 5.15. The summed E-state index contributed by atoms with van der Waals surface area (Å²) >= 11 is 0. The van der Waals surface area contributed by atoms with Crippen LogP contribution in [0.3, 0.4) is 0 Å². The zero-order valence-electron chi connectivity index (χ0n) is 11.4. The van der Waals surface area contributed by atoms with Gasteiger partial charge >= 0.3 is 0 Å². The smallest absolute Gasteiger partial charge is 0.222 e. The molecular formula is C13H27NO2. The Bertz CT molecular complexity index is 182.